The van der Waals surface area contributed by atoms with Gasteiger partial charge >= 0.3 is 0 Å². The second-order valence-electron chi connectivity index (χ2n) is 13.8. The van der Waals surface area contributed by atoms with E-state index in [1.165, 1.54) is 65.7 Å². The number of rotatable bonds is 2. The summed E-state index contributed by atoms with van der Waals surface area (Å²) < 4.78 is 7.65. The zero-order valence-corrected chi connectivity index (χ0v) is 26.4. The molecule has 222 valence electrons. The van der Waals surface area contributed by atoms with Crippen molar-refractivity contribution in [2.75, 3.05) is 0 Å². The maximum absolute atomic E-state index is 9.79. The molecule has 2 heteroatoms. The van der Waals surface area contributed by atoms with Crippen LogP contribution in [0, 0.1) is 11.3 Å². The Morgan fingerprint density at radius 2 is 1.38 bits per heavy atom. The third-order valence-corrected chi connectivity index (χ3v) is 11.0. The normalized spacial score (nSPS) is 18.5. The van der Waals surface area contributed by atoms with Gasteiger partial charge < -0.3 is 4.74 Å². The molecule has 0 aromatic heterocycles. The Balaban J connectivity index is 1.28. The molecule has 10 rings (SSSR count). The number of nitrogens with zero attached hydrogens (tertiary/aromatic N) is 1. The van der Waals surface area contributed by atoms with Gasteiger partial charge in [-0.2, -0.15) is 5.26 Å². The van der Waals surface area contributed by atoms with Gasteiger partial charge in [-0.1, -0.05) is 123 Å². The maximum Gasteiger partial charge on any atom is 0.178 e. The molecule has 0 spiro atoms. The van der Waals surface area contributed by atoms with Gasteiger partial charge in [0, 0.05) is 27.3 Å². The van der Waals surface area contributed by atoms with E-state index in [-0.39, 0.29) is 5.41 Å². The van der Waals surface area contributed by atoms with E-state index < -0.39 is 5.60 Å². The minimum absolute atomic E-state index is 0.295. The molecule has 0 amide bonds. The van der Waals surface area contributed by atoms with E-state index in [2.05, 4.69) is 141 Å². The molecule has 0 radical (unpaired) electrons. The summed E-state index contributed by atoms with van der Waals surface area (Å²) in [5, 5.41) is 14.7. The average Bonchev–Trinajstić information content (AvgIpc) is 3.58. The Labute approximate surface area is 274 Å². The third-order valence-electron chi connectivity index (χ3n) is 11.0. The zero-order chi connectivity index (χ0) is 31.5. The molecule has 1 atom stereocenters. The summed E-state index contributed by atoms with van der Waals surface area (Å²) in [5.41, 5.74) is 13.1. The number of hydrogen-bond acceptors (Lipinski definition) is 2. The monoisotopic (exact) mass is 601 g/mol. The molecule has 0 saturated carbocycles. The number of ether oxygens (including phenoxy) is 1. The topological polar surface area (TPSA) is 33.0 Å². The van der Waals surface area contributed by atoms with Crippen LogP contribution < -0.4 is 15.2 Å². The lowest BCUT2D eigenvalue weighted by Gasteiger charge is -2.39. The highest BCUT2D eigenvalue weighted by Crippen LogP contribution is 2.55. The predicted molar refractivity (Wildman–Crippen MR) is 191 cm³/mol. The second kappa shape index (κ2) is 9.21. The molecular weight excluding hydrogens is 571 g/mol. The van der Waals surface area contributed by atoms with E-state index in [0.717, 1.165) is 35.3 Å². The van der Waals surface area contributed by atoms with Crippen molar-refractivity contribution in [2.24, 2.45) is 0 Å². The highest BCUT2D eigenvalue weighted by Gasteiger charge is 2.45. The van der Waals surface area contributed by atoms with Crippen molar-refractivity contribution in [1.29, 1.82) is 5.26 Å². The smallest absolute Gasteiger partial charge is 0.178 e. The van der Waals surface area contributed by atoms with E-state index in [9.17, 15) is 5.26 Å². The standard InChI is InChI=1S/C45H31NO/c1-44(2)39-25-27(26-46)19-20-36(39)41-32-15-8-9-16-34(32)43-37(42(41)44)23-24-45(47-43,28-11-4-3-5-12-28)38-22-21-33-30-14-7-6-13-29(30)31-17-10-18-35(38)40(31)33/h3-7,10-25H,8-9H2,1-2H3. The van der Waals surface area contributed by atoms with Gasteiger partial charge in [0.25, 0.3) is 0 Å². The van der Waals surface area contributed by atoms with Gasteiger partial charge in [-0.25, -0.2) is 0 Å². The molecule has 0 fully saturated rings. The Morgan fingerprint density at radius 3 is 2.17 bits per heavy atom. The fourth-order valence-electron chi connectivity index (χ4n) is 9.01. The van der Waals surface area contributed by atoms with E-state index in [0.29, 0.717) is 5.56 Å². The number of fused-ring (bicyclic) bond motifs is 11. The minimum atomic E-state index is -0.836. The molecule has 6 aromatic carbocycles. The van der Waals surface area contributed by atoms with Crippen LogP contribution in [0.1, 0.15) is 60.1 Å². The van der Waals surface area contributed by atoms with Gasteiger partial charge in [-0.05, 0) is 91.5 Å². The van der Waals surface area contributed by atoms with Gasteiger partial charge in [-0.3, -0.25) is 0 Å². The van der Waals surface area contributed by atoms with Crippen LogP contribution in [-0.2, 0) is 11.0 Å². The molecular formula is C45H31NO. The van der Waals surface area contributed by atoms with Crippen molar-refractivity contribution in [3.63, 3.8) is 0 Å². The van der Waals surface area contributed by atoms with E-state index in [1.807, 2.05) is 6.07 Å². The fourth-order valence-corrected chi connectivity index (χ4v) is 9.01. The predicted octanol–water partition coefficient (Wildman–Crippen LogP) is 9.37. The lowest BCUT2D eigenvalue weighted by molar-refractivity contribution is 0.160. The molecule has 0 saturated heterocycles. The van der Waals surface area contributed by atoms with Crippen LogP contribution >= 0.6 is 0 Å². The van der Waals surface area contributed by atoms with Crippen LogP contribution in [0.15, 0.2) is 109 Å². The van der Waals surface area contributed by atoms with Crippen molar-refractivity contribution >= 4 is 29.0 Å². The fraction of sp³-hybridized carbons (Fsp3) is 0.133. The Morgan fingerprint density at radius 1 is 0.681 bits per heavy atom. The Kier molecular flexibility index (Phi) is 5.21. The van der Waals surface area contributed by atoms with Gasteiger partial charge in [0.2, 0.25) is 0 Å². The van der Waals surface area contributed by atoms with Crippen LogP contribution in [-0.4, -0.2) is 0 Å². The molecule has 4 aliphatic rings. The first kappa shape index (κ1) is 26.6. The quantitative estimate of drug-likeness (QED) is 0.198. The van der Waals surface area contributed by atoms with E-state index in [1.54, 1.807) is 0 Å². The Bertz CT molecular complexity index is 2550. The lowest BCUT2D eigenvalue weighted by Crippen LogP contribution is -2.41. The molecule has 3 aliphatic carbocycles. The summed E-state index contributed by atoms with van der Waals surface area (Å²) in [6.45, 7) is 4.59. The van der Waals surface area contributed by atoms with Crippen molar-refractivity contribution < 1.29 is 4.74 Å². The summed E-state index contributed by atoms with van der Waals surface area (Å²) in [6.07, 6.45) is 11.4. The van der Waals surface area contributed by atoms with E-state index in [4.69, 9.17) is 4.74 Å². The summed E-state index contributed by atoms with van der Waals surface area (Å²) >= 11 is 0. The van der Waals surface area contributed by atoms with Gasteiger partial charge in [0.1, 0.15) is 5.75 Å². The number of hydrogen-bond donors (Lipinski definition) is 0. The molecule has 2 nitrogen and oxygen atoms in total. The third kappa shape index (κ3) is 3.34. The molecule has 47 heavy (non-hydrogen) atoms. The first-order chi connectivity index (χ1) is 23.0. The largest absolute Gasteiger partial charge is 0.472 e. The molecule has 0 N–H and O–H groups in total. The zero-order valence-electron chi connectivity index (χ0n) is 26.4. The van der Waals surface area contributed by atoms with Crippen LogP contribution in [0.3, 0.4) is 0 Å². The van der Waals surface area contributed by atoms with Crippen LogP contribution in [0.25, 0.3) is 62.4 Å². The summed E-state index contributed by atoms with van der Waals surface area (Å²) in [6, 6.07) is 39.4. The molecule has 1 aliphatic heterocycles. The first-order valence-electron chi connectivity index (χ1n) is 16.6. The summed E-state index contributed by atoms with van der Waals surface area (Å²) in [4.78, 5) is 0. The molecule has 6 aromatic rings. The highest BCUT2D eigenvalue weighted by atomic mass is 16.5. The number of benzene rings is 6. The SMILES string of the molecule is CC1(C)c2cc(C#N)ccc2-c2c1c1c(c3c2=CCCC=3)OC(c2ccccc2)(c2ccc3c4c(cccc24)-c2ccccc2-3)C=C1. The lowest BCUT2D eigenvalue weighted by atomic mass is 9.76. The Hall–Kier alpha value is -5.65. The molecule has 1 unspecified atom stereocenters. The van der Waals surface area contributed by atoms with Crippen molar-refractivity contribution in [2.45, 2.75) is 37.7 Å². The second-order valence-corrected chi connectivity index (χ2v) is 13.8. The first-order valence-corrected chi connectivity index (χ1v) is 16.6. The van der Waals surface area contributed by atoms with E-state index >= 15 is 0 Å². The van der Waals surface area contributed by atoms with Crippen molar-refractivity contribution in [3.8, 4) is 45.2 Å². The van der Waals surface area contributed by atoms with Crippen molar-refractivity contribution in [1.82, 2.24) is 0 Å². The van der Waals surface area contributed by atoms with Gasteiger partial charge in [0.05, 0.1) is 11.6 Å². The van der Waals surface area contributed by atoms with Crippen molar-refractivity contribution in [3.05, 3.63) is 153 Å². The van der Waals surface area contributed by atoms with Crippen LogP contribution in [0.5, 0.6) is 5.75 Å². The van der Waals surface area contributed by atoms with Gasteiger partial charge in [-0.15, -0.1) is 0 Å². The minimum Gasteiger partial charge on any atom is -0.472 e. The highest BCUT2D eigenvalue weighted by molar-refractivity contribution is 6.16. The summed E-state index contributed by atoms with van der Waals surface area (Å²) in [7, 11) is 0. The maximum atomic E-state index is 9.79. The van der Waals surface area contributed by atoms with Crippen LogP contribution in [0.2, 0.25) is 0 Å². The molecule has 1 heterocycles. The summed E-state index contributed by atoms with van der Waals surface area (Å²) in [5.74, 6) is 0.953. The van der Waals surface area contributed by atoms with Crippen LogP contribution in [0.4, 0.5) is 0 Å². The van der Waals surface area contributed by atoms with Gasteiger partial charge in [0.15, 0.2) is 5.60 Å². The average molecular weight is 602 g/mol. The molecule has 0 bridgehead atoms. The number of nitriles is 1.